The molecule has 0 aliphatic carbocycles. The molecule has 2 aromatic carbocycles. The van der Waals surface area contributed by atoms with Gasteiger partial charge < -0.3 is 9.26 Å². The van der Waals surface area contributed by atoms with Crippen molar-refractivity contribution < 1.29 is 9.26 Å². The number of aromatic nitrogens is 2. The van der Waals surface area contributed by atoms with Crippen molar-refractivity contribution in [3.8, 4) is 17.1 Å². The third-order valence-electron chi connectivity index (χ3n) is 3.23. The summed E-state index contributed by atoms with van der Waals surface area (Å²) in [4.78, 5) is 4.39. The van der Waals surface area contributed by atoms with Gasteiger partial charge >= 0.3 is 0 Å². The maximum atomic E-state index is 5.85. The van der Waals surface area contributed by atoms with Crippen LogP contribution in [0.15, 0.2) is 53.1 Å². The van der Waals surface area contributed by atoms with Crippen LogP contribution in [0.1, 0.15) is 24.5 Å². The molecule has 3 rings (SSSR count). The number of rotatable bonds is 4. The average molecular weight is 315 g/mol. The van der Waals surface area contributed by atoms with Gasteiger partial charge in [0.05, 0.1) is 0 Å². The Morgan fingerprint density at radius 2 is 1.73 bits per heavy atom. The van der Waals surface area contributed by atoms with Crippen LogP contribution in [-0.2, 0) is 0 Å². The maximum Gasteiger partial charge on any atom is 0.267 e. The molecule has 1 heterocycles. The number of nitrogens with zero attached hydrogens (tertiary/aromatic N) is 2. The molecule has 3 aromatic rings. The summed E-state index contributed by atoms with van der Waals surface area (Å²) in [6, 6.07) is 15.1. The second-order valence-corrected chi connectivity index (χ2v) is 5.47. The fourth-order valence-electron chi connectivity index (χ4n) is 1.99. The molecule has 1 aromatic heterocycles. The number of ether oxygens (including phenoxy) is 1. The van der Waals surface area contributed by atoms with Crippen molar-refractivity contribution in [1.82, 2.24) is 10.1 Å². The first kappa shape index (κ1) is 14.6. The molecule has 0 amide bonds. The topological polar surface area (TPSA) is 48.2 Å². The van der Waals surface area contributed by atoms with Crippen LogP contribution in [0.25, 0.3) is 11.4 Å². The van der Waals surface area contributed by atoms with E-state index in [1.807, 2.05) is 38.1 Å². The van der Waals surface area contributed by atoms with Gasteiger partial charge in [0.1, 0.15) is 5.75 Å². The van der Waals surface area contributed by atoms with Crippen molar-refractivity contribution in [2.45, 2.75) is 20.0 Å². The summed E-state index contributed by atoms with van der Waals surface area (Å²) in [5, 5.41) is 4.67. The maximum absolute atomic E-state index is 5.85. The van der Waals surface area contributed by atoms with Crippen LogP contribution in [0, 0.1) is 6.92 Å². The van der Waals surface area contributed by atoms with Crippen molar-refractivity contribution in [3.05, 3.63) is 65.0 Å². The van der Waals surface area contributed by atoms with Gasteiger partial charge in [-0.15, -0.1) is 0 Å². The summed E-state index contributed by atoms with van der Waals surface area (Å²) in [7, 11) is 0. The molecule has 22 heavy (non-hydrogen) atoms. The molecule has 4 nitrogen and oxygen atoms in total. The Morgan fingerprint density at radius 1 is 1.05 bits per heavy atom. The van der Waals surface area contributed by atoms with Crippen LogP contribution in [-0.4, -0.2) is 10.1 Å². The predicted octanol–water partition coefficient (Wildman–Crippen LogP) is 4.84. The van der Waals surface area contributed by atoms with Crippen LogP contribution in [0.3, 0.4) is 0 Å². The van der Waals surface area contributed by atoms with Crippen molar-refractivity contribution >= 4 is 11.6 Å². The summed E-state index contributed by atoms with van der Waals surface area (Å²) in [5.41, 5.74) is 2.10. The highest BCUT2D eigenvalue weighted by Gasteiger charge is 2.16. The molecule has 0 aliphatic rings. The molecular weight excluding hydrogens is 300 g/mol. The van der Waals surface area contributed by atoms with Gasteiger partial charge in [-0.1, -0.05) is 46.6 Å². The third kappa shape index (κ3) is 3.28. The van der Waals surface area contributed by atoms with Crippen LogP contribution in [0.5, 0.6) is 5.75 Å². The van der Waals surface area contributed by atoms with Gasteiger partial charge in [0.15, 0.2) is 6.10 Å². The van der Waals surface area contributed by atoms with Crippen LogP contribution >= 0.6 is 11.6 Å². The Balaban J connectivity index is 1.75. The van der Waals surface area contributed by atoms with Gasteiger partial charge in [-0.3, -0.25) is 0 Å². The standard InChI is InChI=1S/C17H15ClN2O2/c1-11-3-5-13(6-4-11)16-19-17(22-20-16)12(2)21-15-9-7-14(18)8-10-15/h3-10,12H,1-2H3/t12-/m0/s1. The Kier molecular flexibility index (Phi) is 4.11. The lowest BCUT2D eigenvalue weighted by molar-refractivity contribution is 0.176. The first-order valence-electron chi connectivity index (χ1n) is 6.95. The Hall–Kier alpha value is -2.33. The van der Waals surface area contributed by atoms with E-state index in [2.05, 4.69) is 10.1 Å². The minimum absolute atomic E-state index is 0.340. The monoisotopic (exact) mass is 314 g/mol. The first-order chi connectivity index (χ1) is 10.6. The molecule has 0 unspecified atom stereocenters. The second kappa shape index (κ2) is 6.20. The number of hydrogen-bond acceptors (Lipinski definition) is 4. The van der Waals surface area contributed by atoms with Gasteiger partial charge in [-0.05, 0) is 38.1 Å². The van der Waals surface area contributed by atoms with Crippen LogP contribution in [0.2, 0.25) is 5.02 Å². The zero-order valence-corrected chi connectivity index (χ0v) is 13.0. The largest absolute Gasteiger partial charge is 0.481 e. The molecule has 0 fully saturated rings. The minimum atomic E-state index is -0.340. The Bertz CT molecular complexity index is 751. The predicted molar refractivity (Wildman–Crippen MR) is 85.0 cm³/mol. The number of hydrogen-bond donors (Lipinski definition) is 0. The molecule has 0 spiro atoms. The highest BCUT2D eigenvalue weighted by Crippen LogP contribution is 2.24. The summed E-state index contributed by atoms with van der Waals surface area (Å²) < 4.78 is 11.1. The van der Waals surface area contributed by atoms with E-state index in [9.17, 15) is 0 Å². The molecule has 112 valence electrons. The van der Waals surface area contributed by atoms with E-state index in [0.29, 0.717) is 22.5 Å². The van der Waals surface area contributed by atoms with Crippen molar-refractivity contribution in [2.24, 2.45) is 0 Å². The second-order valence-electron chi connectivity index (χ2n) is 5.04. The average Bonchev–Trinajstić information content (AvgIpc) is 3.00. The van der Waals surface area contributed by atoms with Gasteiger partial charge in [-0.25, -0.2) is 0 Å². The van der Waals surface area contributed by atoms with Gasteiger partial charge in [0.25, 0.3) is 5.89 Å². The molecule has 0 N–H and O–H groups in total. The molecule has 0 saturated heterocycles. The molecule has 0 bridgehead atoms. The normalized spacial score (nSPS) is 12.1. The lowest BCUT2D eigenvalue weighted by Gasteiger charge is -2.10. The van der Waals surface area contributed by atoms with E-state index in [1.165, 1.54) is 5.56 Å². The summed E-state index contributed by atoms with van der Waals surface area (Å²) in [6.45, 7) is 3.90. The van der Waals surface area contributed by atoms with Gasteiger partial charge in [0.2, 0.25) is 5.82 Å². The van der Waals surface area contributed by atoms with Crippen LogP contribution < -0.4 is 4.74 Å². The molecular formula is C17H15ClN2O2. The van der Waals surface area contributed by atoms with Gasteiger partial charge in [-0.2, -0.15) is 4.98 Å². The highest BCUT2D eigenvalue weighted by atomic mass is 35.5. The van der Waals surface area contributed by atoms with E-state index in [4.69, 9.17) is 20.9 Å². The zero-order chi connectivity index (χ0) is 15.5. The number of aryl methyl sites for hydroxylation is 1. The van der Waals surface area contributed by atoms with Crippen molar-refractivity contribution in [1.29, 1.82) is 0 Å². The van der Waals surface area contributed by atoms with E-state index in [1.54, 1.807) is 24.3 Å². The summed E-state index contributed by atoms with van der Waals surface area (Å²) >= 11 is 5.85. The Labute approximate surface area is 133 Å². The van der Waals surface area contributed by atoms with E-state index >= 15 is 0 Å². The van der Waals surface area contributed by atoms with E-state index in [0.717, 1.165) is 5.56 Å². The molecule has 5 heteroatoms. The quantitative estimate of drug-likeness (QED) is 0.691. The molecule has 0 aliphatic heterocycles. The molecule has 1 atom stereocenters. The van der Waals surface area contributed by atoms with Crippen LogP contribution in [0.4, 0.5) is 0 Å². The van der Waals surface area contributed by atoms with Crippen molar-refractivity contribution in [3.63, 3.8) is 0 Å². The van der Waals surface area contributed by atoms with E-state index in [-0.39, 0.29) is 6.10 Å². The number of benzene rings is 2. The van der Waals surface area contributed by atoms with E-state index < -0.39 is 0 Å². The summed E-state index contributed by atoms with van der Waals surface area (Å²) in [6.07, 6.45) is -0.340. The zero-order valence-electron chi connectivity index (χ0n) is 12.3. The molecule has 0 saturated carbocycles. The lowest BCUT2D eigenvalue weighted by Crippen LogP contribution is -2.03. The fourth-order valence-corrected chi connectivity index (χ4v) is 2.11. The lowest BCUT2D eigenvalue weighted by atomic mass is 10.1. The minimum Gasteiger partial charge on any atom is -0.481 e. The SMILES string of the molecule is Cc1ccc(-c2noc([C@H](C)Oc3ccc(Cl)cc3)n2)cc1. The van der Waals surface area contributed by atoms with Crippen molar-refractivity contribution in [2.75, 3.05) is 0 Å². The highest BCUT2D eigenvalue weighted by molar-refractivity contribution is 6.30. The smallest absolute Gasteiger partial charge is 0.267 e. The third-order valence-corrected chi connectivity index (χ3v) is 3.48. The molecule has 0 radical (unpaired) electrons. The Morgan fingerprint density at radius 3 is 2.41 bits per heavy atom. The number of halogens is 1. The summed E-state index contributed by atoms with van der Waals surface area (Å²) in [5.74, 6) is 1.69. The fraction of sp³-hybridized carbons (Fsp3) is 0.176. The first-order valence-corrected chi connectivity index (χ1v) is 7.32. The van der Waals surface area contributed by atoms with Gasteiger partial charge in [0, 0.05) is 10.6 Å².